The van der Waals surface area contributed by atoms with Crippen molar-refractivity contribution >= 4 is 11.6 Å². The Kier molecular flexibility index (Phi) is 5.41. The first-order chi connectivity index (χ1) is 12.9. The van der Waals surface area contributed by atoms with Crippen molar-refractivity contribution in [3.8, 4) is 5.69 Å². The van der Waals surface area contributed by atoms with Crippen molar-refractivity contribution < 1.29 is 18.3 Å². The number of benzene rings is 1. The van der Waals surface area contributed by atoms with E-state index >= 15 is 0 Å². The molecule has 3 aromatic rings. The fourth-order valence-electron chi connectivity index (χ4n) is 2.51. The molecule has 0 aliphatic heterocycles. The molecule has 0 amide bonds. The van der Waals surface area contributed by atoms with E-state index in [0.717, 1.165) is 17.8 Å². The standard InChI is InChI=1S/C18H18F3N5O/c1-3-13(27)9-16-24-18(23-11-7-14(19)17(21)15(20)8-11)25-26(16)12-4-5-22-10(2)6-12/h4-8,13,27H,3,9H2,1-2H3,(H,23,25). The minimum Gasteiger partial charge on any atom is -0.393 e. The first kappa shape index (κ1) is 18.8. The highest BCUT2D eigenvalue weighted by molar-refractivity contribution is 5.53. The number of rotatable bonds is 6. The van der Waals surface area contributed by atoms with E-state index in [9.17, 15) is 18.3 Å². The second kappa shape index (κ2) is 7.75. The molecule has 142 valence electrons. The van der Waals surface area contributed by atoms with Crippen LogP contribution in [0.25, 0.3) is 5.69 Å². The Morgan fingerprint density at radius 2 is 1.89 bits per heavy atom. The quantitative estimate of drug-likeness (QED) is 0.644. The molecule has 0 bridgehead atoms. The average molecular weight is 377 g/mol. The molecular weight excluding hydrogens is 359 g/mol. The molecule has 0 saturated carbocycles. The number of halogens is 3. The lowest BCUT2D eigenvalue weighted by Crippen LogP contribution is -2.13. The molecule has 2 heterocycles. The van der Waals surface area contributed by atoms with E-state index in [4.69, 9.17) is 0 Å². The van der Waals surface area contributed by atoms with Crippen molar-refractivity contribution in [2.24, 2.45) is 0 Å². The van der Waals surface area contributed by atoms with Gasteiger partial charge in [0.25, 0.3) is 0 Å². The van der Waals surface area contributed by atoms with E-state index in [-0.39, 0.29) is 18.1 Å². The highest BCUT2D eigenvalue weighted by atomic mass is 19.2. The molecule has 1 aromatic carbocycles. The molecule has 0 saturated heterocycles. The predicted octanol–water partition coefficient (Wildman–Crippen LogP) is 3.45. The number of aliphatic hydroxyl groups is 1. The molecule has 0 spiro atoms. The van der Waals surface area contributed by atoms with Gasteiger partial charge in [-0.05, 0) is 25.5 Å². The summed E-state index contributed by atoms with van der Waals surface area (Å²) in [4.78, 5) is 8.43. The summed E-state index contributed by atoms with van der Waals surface area (Å²) in [6.07, 6.45) is 1.76. The van der Waals surface area contributed by atoms with Crippen molar-refractivity contribution in [2.45, 2.75) is 32.8 Å². The van der Waals surface area contributed by atoms with Crippen LogP contribution in [0.1, 0.15) is 24.9 Å². The van der Waals surface area contributed by atoms with E-state index in [1.807, 2.05) is 13.8 Å². The van der Waals surface area contributed by atoms with Gasteiger partial charge in [-0.25, -0.2) is 17.9 Å². The zero-order valence-electron chi connectivity index (χ0n) is 14.7. The highest BCUT2D eigenvalue weighted by Gasteiger charge is 2.17. The third kappa shape index (κ3) is 4.25. The minimum atomic E-state index is -1.54. The Balaban J connectivity index is 1.98. The second-order valence-corrected chi connectivity index (χ2v) is 6.06. The van der Waals surface area contributed by atoms with Crippen LogP contribution in [0.2, 0.25) is 0 Å². The normalized spacial score (nSPS) is 12.2. The SMILES string of the molecule is CCC(O)Cc1nc(Nc2cc(F)c(F)c(F)c2)nn1-c1ccnc(C)c1. The fraction of sp³-hybridized carbons (Fsp3) is 0.278. The van der Waals surface area contributed by atoms with Gasteiger partial charge in [0.2, 0.25) is 5.95 Å². The maximum Gasteiger partial charge on any atom is 0.247 e. The van der Waals surface area contributed by atoms with Crippen LogP contribution < -0.4 is 5.32 Å². The summed E-state index contributed by atoms with van der Waals surface area (Å²) < 4.78 is 41.5. The van der Waals surface area contributed by atoms with Crippen LogP contribution in [-0.2, 0) is 6.42 Å². The molecule has 0 fully saturated rings. The lowest BCUT2D eigenvalue weighted by atomic mass is 10.2. The molecular formula is C18H18F3N5O. The maximum absolute atomic E-state index is 13.4. The van der Waals surface area contributed by atoms with Crippen molar-refractivity contribution in [3.63, 3.8) is 0 Å². The number of pyridine rings is 1. The Morgan fingerprint density at radius 3 is 2.52 bits per heavy atom. The number of nitrogens with one attached hydrogen (secondary N) is 1. The molecule has 27 heavy (non-hydrogen) atoms. The number of aromatic nitrogens is 4. The largest absolute Gasteiger partial charge is 0.393 e. The maximum atomic E-state index is 13.4. The second-order valence-electron chi connectivity index (χ2n) is 6.06. The number of aliphatic hydroxyl groups excluding tert-OH is 1. The van der Waals surface area contributed by atoms with E-state index in [2.05, 4.69) is 20.4 Å². The fourth-order valence-corrected chi connectivity index (χ4v) is 2.51. The molecule has 6 nitrogen and oxygen atoms in total. The molecule has 2 aromatic heterocycles. The van der Waals surface area contributed by atoms with E-state index < -0.39 is 23.6 Å². The Bertz CT molecular complexity index is 937. The highest BCUT2D eigenvalue weighted by Crippen LogP contribution is 2.21. The topological polar surface area (TPSA) is 75.9 Å². The van der Waals surface area contributed by atoms with Gasteiger partial charge in [0.05, 0.1) is 11.8 Å². The molecule has 0 aliphatic rings. The van der Waals surface area contributed by atoms with Gasteiger partial charge in [0.1, 0.15) is 5.82 Å². The van der Waals surface area contributed by atoms with E-state index in [1.54, 1.807) is 18.3 Å². The van der Waals surface area contributed by atoms with Gasteiger partial charge in [-0.3, -0.25) is 4.98 Å². The third-order valence-electron chi connectivity index (χ3n) is 3.93. The van der Waals surface area contributed by atoms with Crippen molar-refractivity contribution in [2.75, 3.05) is 5.32 Å². The third-order valence-corrected chi connectivity index (χ3v) is 3.93. The lowest BCUT2D eigenvalue weighted by molar-refractivity contribution is 0.167. The van der Waals surface area contributed by atoms with E-state index in [1.165, 1.54) is 4.68 Å². The molecule has 0 radical (unpaired) electrons. The summed E-state index contributed by atoms with van der Waals surface area (Å²) in [7, 11) is 0. The van der Waals surface area contributed by atoms with Gasteiger partial charge < -0.3 is 10.4 Å². The smallest absolute Gasteiger partial charge is 0.247 e. The van der Waals surface area contributed by atoms with Crippen LogP contribution in [-0.4, -0.2) is 31.0 Å². The summed E-state index contributed by atoms with van der Waals surface area (Å²) >= 11 is 0. The van der Waals surface area contributed by atoms with Crippen LogP contribution in [0, 0.1) is 24.4 Å². The van der Waals surface area contributed by atoms with Crippen LogP contribution >= 0.6 is 0 Å². The number of hydrogen-bond acceptors (Lipinski definition) is 5. The van der Waals surface area contributed by atoms with Gasteiger partial charge in [0.15, 0.2) is 17.5 Å². The summed E-state index contributed by atoms with van der Waals surface area (Å²) in [5.41, 5.74) is 1.41. The molecule has 3 rings (SSSR count). The molecule has 1 unspecified atom stereocenters. The molecule has 9 heteroatoms. The van der Waals surface area contributed by atoms with Gasteiger partial charge in [-0.15, -0.1) is 5.10 Å². The van der Waals surface area contributed by atoms with Gasteiger partial charge in [0, 0.05) is 36.1 Å². The summed E-state index contributed by atoms with van der Waals surface area (Å²) in [5, 5.41) is 17.0. The molecule has 1 atom stereocenters. The van der Waals surface area contributed by atoms with Crippen LogP contribution in [0.15, 0.2) is 30.5 Å². The van der Waals surface area contributed by atoms with Crippen molar-refractivity contribution in [1.82, 2.24) is 19.7 Å². The summed E-state index contributed by atoms with van der Waals surface area (Å²) in [5.74, 6) is -3.65. The number of anilines is 2. The van der Waals surface area contributed by atoms with Gasteiger partial charge >= 0.3 is 0 Å². The first-order valence-corrected chi connectivity index (χ1v) is 8.36. The molecule has 2 N–H and O–H groups in total. The number of nitrogens with zero attached hydrogens (tertiary/aromatic N) is 4. The van der Waals surface area contributed by atoms with Crippen molar-refractivity contribution in [1.29, 1.82) is 0 Å². The Morgan fingerprint density at radius 1 is 1.19 bits per heavy atom. The number of aryl methyl sites for hydroxylation is 1. The average Bonchev–Trinajstić information content (AvgIpc) is 3.01. The van der Waals surface area contributed by atoms with Crippen molar-refractivity contribution in [3.05, 3.63) is 59.4 Å². The van der Waals surface area contributed by atoms with Crippen LogP contribution in [0.5, 0.6) is 0 Å². The Hall–Kier alpha value is -2.94. The predicted molar refractivity (Wildman–Crippen MR) is 93.5 cm³/mol. The number of hydrogen-bond donors (Lipinski definition) is 2. The monoisotopic (exact) mass is 377 g/mol. The van der Waals surface area contributed by atoms with Gasteiger partial charge in [-0.1, -0.05) is 6.92 Å². The Labute approximate surface area is 153 Å². The lowest BCUT2D eigenvalue weighted by Gasteiger charge is -2.09. The zero-order chi connectivity index (χ0) is 19.6. The van der Waals surface area contributed by atoms with Gasteiger partial charge in [-0.2, -0.15) is 4.98 Å². The minimum absolute atomic E-state index is 0.0305. The van der Waals surface area contributed by atoms with Crippen LogP contribution in [0.4, 0.5) is 24.8 Å². The molecule has 0 aliphatic carbocycles. The first-order valence-electron chi connectivity index (χ1n) is 8.36. The summed E-state index contributed by atoms with van der Waals surface area (Å²) in [6.45, 7) is 3.66. The van der Waals surface area contributed by atoms with E-state index in [0.29, 0.717) is 17.9 Å². The van der Waals surface area contributed by atoms with Crippen LogP contribution in [0.3, 0.4) is 0 Å². The summed E-state index contributed by atoms with van der Waals surface area (Å²) in [6, 6.07) is 5.15. The zero-order valence-corrected chi connectivity index (χ0v) is 14.7.